The van der Waals surface area contributed by atoms with E-state index in [0.717, 1.165) is 44.1 Å². The van der Waals surface area contributed by atoms with Gasteiger partial charge in [-0.15, -0.1) is 0 Å². The molecule has 0 aromatic heterocycles. The molecular formula is C22H28FNO4. The van der Waals surface area contributed by atoms with E-state index in [9.17, 15) is 19.1 Å². The first-order chi connectivity index (χ1) is 13.5. The van der Waals surface area contributed by atoms with Crippen molar-refractivity contribution in [1.29, 1.82) is 0 Å². The van der Waals surface area contributed by atoms with Gasteiger partial charge >= 0.3 is 5.97 Å². The van der Waals surface area contributed by atoms with Crippen LogP contribution in [0.4, 0.5) is 4.39 Å². The normalized spacial score (nSPS) is 27.8. The number of carboxylic acid groups (broad SMARTS) is 1. The fourth-order valence-corrected chi connectivity index (χ4v) is 5.46. The van der Waals surface area contributed by atoms with Gasteiger partial charge in [0.25, 0.3) is 0 Å². The summed E-state index contributed by atoms with van der Waals surface area (Å²) >= 11 is 0. The SMILES string of the molecule is O=C(O)C1CCO[C@H]1C1CCN(C(=O)C2(c3cccc(F)c3)CCCC2)CC1. The van der Waals surface area contributed by atoms with Gasteiger partial charge in [0.05, 0.1) is 17.4 Å². The minimum Gasteiger partial charge on any atom is -0.481 e. The molecule has 2 heterocycles. The average molecular weight is 389 g/mol. The summed E-state index contributed by atoms with van der Waals surface area (Å²) in [6.45, 7) is 1.74. The number of carbonyl (C=O) groups is 2. The minimum absolute atomic E-state index is 0.108. The van der Waals surface area contributed by atoms with Gasteiger partial charge in [0.15, 0.2) is 0 Å². The first kappa shape index (κ1) is 19.4. The van der Waals surface area contributed by atoms with Crippen LogP contribution >= 0.6 is 0 Å². The summed E-state index contributed by atoms with van der Waals surface area (Å²) in [5.74, 6) is -1.22. The highest BCUT2D eigenvalue weighted by atomic mass is 19.1. The molecule has 1 N–H and O–H groups in total. The number of hydrogen-bond donors (Lipinski definition) is 1. The number of halogens is 1. The molecule has 0 bridgehead atoms. The van der Waals surface area contributed by atoms with Crippen LogP contribution in [0.5, 0.6) is 0 Å². The van der Waals surface area contributed by atoms with E-state index in [4.69, 9.17) is 4.74 Å². The summed E-state index contributed by atoms with van der Waals surface area (Å²) in [7, 11) is 0. The summed E-state index contributed by atoms with van der Waals surface area (Å²) in [5.41, 5.74) is 0.185. The highest BCUT2D eigenvalue weighted by Gasteiger charge is 2.47. The minimum atomic E-state index is -0.781. The van der Waals surface area contributed by atoms with Crippen molar-refractivity contribution in [1.82, 2.24) is 4.90 Å². The van der Waals surface area contributed by atoms with Crippen molar-refractivity contribution >= 4 is 11.9 Å². The van der Waals surface area contributed by atoms with Crippen molar-refractivity contribution in [2.24, 2.45) is 11.8 Å². The third-order valence-electron chi connectivity index (χ3n) is 6.99. The molecule has 1 aromatic carbocycles. The van der Waals surface area contributed by atoms with Crippen LogP contribution < -0.4 is 0 Å². The maximum atomic E-state index is 13.8. The number of nitrogens with zero attached hydrogens (tertiary/aromatic N) is 1. The van der Waals surface area contributed by atoms with E-state index in [2.05, 4.69) is 0 Å². The largest absolute Gasteiger partial charge is 0.481 e. The third-order valence-corrected chi connectivity index (χ3v) is 6.99. The van der Waals surface area contributed by atoms with Gasteiger partial charge < -0.3 is 14.7 Å². The second-order valence-electron chi connectivity index (χ2n) is 8.50. The van der Waals surface area contributed by atoms with Crippen LogP contribution in [0.3, 0.4) is 0 Å². The molecule has 1 aliphatic carbocycles. The van der Waals surface area contributed by atoms with Crippen LogP contribution in [-0.2, 0) is 19.7 Å². The topological polar surface area (TPSA) is 66.8 Å². The Bertz CT molecular complexity index is 738. The molecule has 0 radical (unpaired) electrons. The molecule has 1 saturated carbocycles. The number of ether oxygens (including phenoxy) is 1. The number of aliphatic carboxylic acids is 1. The van der Waals surface area contributed by atoms with E-state index in [-0.39, 0.29) is 23.7 Å². The highest BCUT2D eigenvalue weighted by Crippen LogP contribution is 2.44. The zero-order valence-corrected chi connectivity index (χ0v) is 16.1. The molecule has 28 heavy (non-hydrogen) atoms. The third kappa shape index (κ3) is 3.43. The lowest BCUT2D eigenvalue weighted by Gasteiger charge is -2.40. The zero-order chi connectivity index (χ0) is 19.7. The molecule has 0 spiro atoms. The molecular weight excluding hydrogens is 361 g/mol. The van der Waals surface area contributed by atoms with Gasteiger partial charge in [0, 0.05) is 19.7 Å². The Morgan fingerprint density at radius 3 is 2.50 bits per heavy atom. The average Bonchev–Trinajstić information content (AvgIpc) is 3.38. The molecule has 2 saturated heterocycles. The van der Waals surface area contributed by atoms with E-state index < -0.39 is 17.3 Å². The number of carbonyl (C=O) groups excluding carboxylic acids is 1. The number of likely N-dealkylation sites (tertiary alicyclic amines) is 1. The summed E-state index contributed by atoms with van der Waals surface area (Å²) in [5, 5.41) is 9.41. The van der Waals surface area contributed by atoms with Crippen LogP contribution in [0.1, 0.15) is 50.5 Å². The molecule has 1 unspecified atom stereocenters. The van der Waals surface area contributed by atoms with Gasteiger partial charge in [-0.3, -0.25) is 9.59 Å². The second-order valence-corrected chi connectivity index (χ2v) is 8.50. The van der Waals surface area contributed by atoms with E-state index in [0.29, 0.717) is 26.1 Å². The van der Waals surface area contributed by atoms with Crippen LogP contribution in [-0.4, -0.2) is 47.7 Å². The van der Waals surface area contributed by atoms with E-state index in [1.54, 1.807) is 6.07 Å². The van der Waals surface area contributed by atoms with Gasteiger partial charge in [-0.05, 0) is 55.7 Å². The van der Waals surface area contributed by atoms with Crippen LogP contribution in [0, 0.1) is 17.7 Å². The molecule has 2 atom stereocenters. The maximum Gasteiger partial charge on any atom is 0.309 e. The van der Waals surface area contributed by atoms with Gasteiger partial charge in [-0.25, -0.2) is 4.39 Å². The summed E-state index contributed by atoms with van der Waals surface area (Å²) in [4.78, 5) is 26.9. The van der Waals surface area contributed by atoms with Gasteiger partial charge in [-0.1, -0.05) is 25.0 Å². The number of amides is 1. The van der Waals surface area contributed by atoms with Crippen molar-refractivity contribution in [2.45, 2.75) is 56.5 Å². The fraction of sp³-hybridized carbons (Fsp3) is 0.636. The van der Waals surface area contributed by atoms with E-state index in [1.165, 1.54) is 12.1 Å². The summed E-state index contributed by atoms with van der Waals surface area (Å²) in [6.07, 6.45) is 5.35. The Hall–Kier alpha value is -1.95. The second kappa shape index (κ2) is 7.82. The van der Waals surface area contributed by atoms with Gasteiger partial charge in [0.1, 0.15) is 5.82 Å². The quantitative estimate of drug-likeness (QED) is 0.857. The molecule has 1 amide bonds. The number of rotatable bonds is 4. The first-order valence-corrected chi connectivity index (χ1v) is 10.4. The zero-order valence-electron chi connectivity index (χ0n) is 16.1. The van der Waals surface area contributed by atoms with E-state index in [1.807, 2.05) is 11.0 Å². The molecule has 4 rings (SSSR count). The van der Waals surface area contributed by atoms with Crippen molar-refractivity contribution in [3.63, 3.8) is 0 Å². The Balaban J connectivity index is 1.46. The van der Waals surface area contributed by atoms with Crippen molar-refractivity contribution in [2.75, 3.05) is 19.7 Å². The summed E-state index contributed by atoms with van der Waals surface area (Å²) < 4.78 is 19.6. The number of carboxylic acids is 1. The fourth-order valence-electron chi connectivity index (χ4n) is 5.46. The lowest BCUT2D eigenvalue weighted by atomic mass is 9.76. The first-order valence-electron chi connectivity index (χ1n) is 10.4. The highest BCUT2D eigenvalue weighted by molar-refractivity contribution is 5.88. The van der Waals surface area contributed by atoms with Crippen molar-refractivity contribution in [3.8, 4) is 0 Å². The van der Waals surface area contributed by atoms with Crippen LogP contribution in [0.2, 0.25) is 0 Å². The Kier molecular flexibility index (Phi) is 5.41. The number of piperidine rings is 1. The Morgan fingerprint density at radius 2 is 1.86 bits per heavy atom. The lowest BCUT2D eigenvalue weighted by Crippen LogP contribution is -2.50. The monoisotopic (exact) mass is 389 g/mol. The molecule has 6 heteroatoms. The van der Waals surface area contributed by atoms with E-state index >= 15 is 0 Å². The standard InChI is InChI=1S/C22H28FNO4/c23-17-5-3-4-16(14-17)22(9-1-2-10-22)21(27)24-11-6-15(7-12-24)19-18(20(25)26)8-13-28-19/h3-5,14-15,18-19H,1-2,6-13H2,(H,25,26)/t18?,19-/m0/s1. The molecule has 2 aliphatic heterocycles. The van der Waals surface area contributed by atoms with Gasteiger partial charge in [0.2, 0.25) is 5.91 Å². The van der Waals surface area contributed by atoms with Gasteiger partial charge in [-0.2, -0.15) is 0 Å². The number of hydrogen-bond acceptors (Lipinski definition) is 3. The lowest BCUT2D eigenvalue weighted by molar-refractivity contribution is -0.146. The van der Waals surface area contributed by atoms with Crippen LogP contribution in [0.25, 0.3) is 0 Å². The molecule has 3 fully saturated rings. The maximum absolute atomic E-state index is 13.8. The smallest absolute Gasteiger partial charge is 0.309 e. The van der Waals surface area contributed by atoms with Crippen molar-refractivity contribution in [3.05, 3.63) is 35.6 Å². The van der Waals surface area contributed by atoms with Crippen molar-refractivity contribution < 1.29 is 23.8 Å². The summed E-state index contributed by atoms with van der Waals surface area (Å²) in [6, 6.07) is 6.50. The molecule has 3 aliphatic rings. The number of benzene rings is 1. The Labute approximate surface area is 164 Å². The Morgan fingerprint density at radius 1 is 1.14 bits per heavy atom. The predicted molar refractivity (Wildman–Crippen MR) is 101 cm³/mol. The molecule has 1 aromatic rings. The molecule has 152 valence electrons. The van der Waals surface area contributed by atoms with Crippen LogP contribution in [0.15, 0.2) is 24.3 Å². The predicted octanol–water partition coefficient (Wildman–Crippen LogP) is 3.37. The molecule has 5 nitrogen and oxygen atoms in total.